The van der Waals surface area contributed by atoms with Gasteiger partial charge in [0.15, 0.2) is 6.29 Å². The molecule has 32 heavy (non-hydrogen) atoms. The van der Waals surface area contributed by atoms with Crippen LogP contribution in [0.4, 0.5) is 17.1 Å². The molecular weight excluding hydrogens is 410 g/mol. The fourth-order valence-corrected chi connectivity index (χ4v) is 4.62. The molecule has 0 radical (unpaired) electrons. The number of nitrogens with zero attached hydrogens (tertiary/aromatic N) is 1. The van der Waals surface area contributed by atoms with Crippen molar-refractivity contribution in [2.45, 2.75) is 0 Å². The van der Waals surface area contributed by atoms with E-state index in [1.807, 2.05) is 23.6 Å². The lowest BCUT2D eigenvalue weighted by molar-refractivity contribution is 0.112. The van der Waals surface area contributed by atoms with Gasteiger partial charge in [0.05, 0.1) is 4.88 Å². The van der Waals surface area contributed by atoms with E-state index in [1.54, 1.807) is 0 Å². The van der Waals surface area contributed by atoms with Gasteiger partial charge in [-0.1, -0.05) is 72.8 Å². The third-order valence-electron chi connectivity index (χ3n) is 5.49. The van der Waals surface area contributed by atoms with Crippen LogP contribution in [0.2, 0.25) is 0 Å². The molecule has 3 heteroatoms. The zero-order valence-electron chi connectivity index (χ0n) is 17.4. The Balaban J connectivity index is 1.46. The molecule has 4 aromatic carbocycles. The maximum atomic E-state index is 11.2. The number of hydrogen-bond donors (Lipinski definition) is 0. The first-order chi connectivity index (χ1) is 15.8. The third-order valence-corrected chi connectivity index (χ3v) is 6.33. The number of anilines is 3. The first kappa shape index (κ1) is 20.0. The molecule has 0 atom stereocenters. The molecule has 5 aromatic rings. The van der Waals surface area contributed by atoms with Gasteiger partial charge in [0, 0.05) is 22.6 Å². The van der Waals surface area contributed by atoms with Crippen molar-refractivity contribution < 1.29 is 4.79 Å². The number of para-hydroxylation sites is 2. The van der Waals surface area contributed by atoms with Crippen molar-refractivity contribution >= 4 is 34.7 Å². The quantitative estimate of drug-likeness (QED) is 0.252. The van der Waals surface area contributed by atoms with Crippen LogP contribution in [-0.2, 0) is 0 Å². The summed E-state index contributed by atoms with van der Waals surface area (Å²) in [5.41, 5.74) is 7.71. The highest BCUT2D eigenvalue weighted by molar-refractivity contribution is 7.12. The van der Waals surface area contributed by atoms with E-state index in [-0.39, 0.29) is 0 Å². The van der Waals surface area contributed by atoms with Crippen molar-refractivity contribution in [3.63, 3.8) is 0 Å². The molecule has 1 aromatic heterocycles. The lowest BCUT2D eigenvalue weighted by Gasteiger charge is -2.25. The molecule has 0 aliphatic heterocycles. The van der Waals surface area contributed by atoms with E-state index < -0.39 is 0 Å². The summed E-state index contributed by atoms with van der Waals surface area (Å²) in [6.07, 6.45) is 0.928. The van der Waals surface area contributed by atoms with E-state index >= 15 is 0 Å². The zero-order valence-corrected chi connectivity index (χ0v) is 18.2. The van der Waals surface area contributed by atoms with Crippen molar-refractivity contribution in [1.29, 1.82) is 0 Å². The minimum atomic E-state index is 0.768. The second-order valence-corrected chi connectivity index (χ2v) is 8.39. The van der Waals surface area contributed by atoms with Crippen LogP contribution >= 0.6 is 11.3 Å². The van der Waals surface area contributed by atoms with Crippen LogP contribution in [0, 0.1) is 0 Å². The second kappa shape index (κ2) is 9.04. The molecule has 0 unspecified atom stereocenters. The molecule has 1 heterocycles. The molecule has 0 amide bonds. The standard InChI is InChI=1S/C29H21NOS/c31-21-29-28(19-20-32-29)24-13-11-22(12-14-24)23-15-17-27(18-16-23)30(25-7-3-1-4-8-25)26-9-5-2-6-10-26/h1-21H. The highest BCUT2D eigenvalue weighted by atomic mass is 32.1. The number of benzene rings is 4. The summed E-state index contributed by atoms with van der Waals surface area (Å²) in [6, 6.07) is 39.8. The molecule has 0 N–H and O–H groups in total. The van der Waals surface area contributed by atoms with Crippen LogP contribution in [0.5, 0.6) is 0 Å². The number of carbonyl (C=O) groups is 1. The Bertz CT molecular complexity index is 1270. The average Bonchev–Trinajstić information content (AvgIpc) is 3.35. The Hall–Kier alpha value is -3.95. The summed E-state index contributed by atoms with van der Waals surface area (Å²) in [5, 5.41) is 1.96. The summed E-state index contributed by atoms with van der Waals surface area (Å²) in [5.74, 6) is 0. The van der Waals surface area contributed by atoms with Crippen LogP contribution in [0.3, 0.4) is 0 Å². The zero-order chi connectivity index (χ0) is 21.8. The molecule has 0 saturated heterocycles. The van der Waals surface area contributed by atoms with Crippen LogP contribution in [0.25, 0.3) is 22.3 Å². The largest absolute Gasteiger partial charge is 0.311 e. The number of aldehydes is 1. The maximum Gasteiger partial charge on any atom is 0.160 e. The fraction of sp³-hybridized carbons (Fsp3) is 0. The molecule has 0 fully saturated rings. The van der Waals surface area contributed by atoms with E-state index in [2.05, 4.69) is 102 Å². The first-order valence-electron chi connectivity index (χ1n) is 10.5. The van der Waals surface area contributed by atoms with Gasteiger partial charge in [-0.3, -0.25) is 4.79 Å². The van der Waals surface area contributed by atoms with Gasteiger partial charge in [-0.15, -0.1) is 11.3 Å². The van der Waals surface area contributed by atoms with Crippen LogP contribution in [0.1, 0.15) is 9.67 Å². The molecule has 0 saturated carbocycles. The third kappa shape index (κ3) is 3.98. The smallest absolute Gasteiger partial charge is 0.160 e. The highest BCUT2D eigenvalue weighted by Crippen LogP contribution is 2.35. The van der Waals surface area contributed by atoms with Gasteiger partial charge < -0.3 is 4.90 Å². The topological polar surface area (TPSA) is 20.3 Å². The fourth-order valence-electron chi connectivity index (χ4n) is 3.90. The maximum absolute atomic E-state index is 11.2. The minimum absolute atomic E-state index is 0.768. The first-order valence-corrected chi connectivity index (χ1v) is 11.4. The number of carbonyl (C=O) groups excluding carboxylic acids is 1. The predicted molar refractivity (Wildman–Crippen MR) is 135 cm³/mol. The lowest BCUT2D eigenvalue weighted by atomic mass is 10.0. The van der Waals surface area contributed by atoms with Gasteiger partial charge in [0.25, 0.3) is 0 Å². The second-order valence-electron chi connectivity index (χ2n) is 7.45. The van der Waals surface area contributed by atoms with Crippen molar-refractivity contribution in [3.05, 3.63) is 126 Å². The Morgan fingerprint density at radius 1 is 0.531 bits per heavy atom. The van der Waals surface area contributed by atoms with E-state index in [1.165, 1.54) is 11.3 Å². The van der Waals surface area contributed by atoms with Crippen LogP contribution in [0.15, 0.2) is 121 Å². The van der Waals surface area contributed by atoms with Gasteiger partial charge >= 0.3 is 0 Å². The van der Waals surface area contributed by atoms with Gasteiger partial charge in [0.1, 0.15) is 0 Å². The summed E-state index contributed by atoms with van der Waals surface area (Å²) in [6.45, 7) is 0. The molecule has 5 rings (SSSR count). The van der Waals surface area contributed by atoms with E-state index in [4.69, 9.17) is 0 Å². The summed E-state index contributed by atoms with van der Waals surface area (Å²) in [7, 11) is 0. The number of hydrogen-bond acceptors (Lipinski definition) is 3. The Labute approximate surface area is 192 Å². The Kier molecular flexibility index (Phi) is 5.65. The highest BCUT2D eigenvalue weighted by Gasteiger charge is 2.12. The summed E-state index contributed by atoms with van der Waals surface area (Å²) in [4.78, 5) is 14.3. The van der Waals surface area contributed by atoms with E-state index in [0.717, 1.165) is 50.5 Å². The molecule has 0 spiro atoms. The Morgan fingerprint density at radius 3 is 1.53 bits per heavy atom. The minimum Gasteiger partial charge on any atom is -0.311 e. The molecular formula is C29H21NOS. The molecule has 154 valence electrons. The van der Waals surface area contributed by atoms with Gasteiger partial charge in [-0.2, -0.15) is 0 Å². The summed E-state index contributed by atoms with van der Waals surface area (Å²) < 4.78 is 0. The van der Waals surface area contributed by atoms with Crippen LogP contribution < -0.4 is 4.90 Å². The summed E-state index contributed by atoms with van der Waals surface area (Å²) >= 11 is 1.47. The number of thiophene rings is 1. The lowest BCUT2D eigenvalue weighted by Crippen LogP contribution is -2.09. The van der Waals surface area contributed by atoms with Crippen LogP contribution in [-0.4, -0.2) is 6.29 Å². The monoisotopic (exact) mass is 431 g/mol. The van der Waals surface area contributed by atoms with Gasteiger partial charge in [-0.25, -0.2) is 0 Å². The van der Waals surface area contributed by atoms with E-state index in [9.17, 15) is 4.79 Å². The van der Waals surface area contributed by atoms with E-state index in [0.29, 0.717) is 0 Å². The molecule has 0 bridgehead atoms. The molecule has 2 nitrogen and oxygen atoms in total. The molecule has 0 aliphatic rings. The van der Waals surface area contributed by atoms with Crippen molar-refractivity contribution in [2.75, 3.05) is 4.90 Å². The van der Waals surface area contributed by atoms with Crippen molar-refractivity contribution in [3.8, 4) is 22.3 Å². The number of rotatable bonds is 6. The van der Waals surface area contributed by atoms with Crippen molar-refractivity contribution in [2.24, 2.45) is 0 Å². The Morgan fingerprint density at radius 2 is 1.00 bits per heavy atom. The molecule has 0 aliphatic carbocycles. The van der Waals surface area contributed by atoms with Crippen molar-refractivity contribution in [1.82, 2.24) is 0 Å². The SMILES string of the molecule is O=Cc1sccc1-c1ccc(-c2ccc(N(c3ccccc3)c3ccccc3)cc2)cc1. The van der Waals surface area contributed by atoms with Gasteiger partial charge in [-0.05, 0) is 64.5 Å². The predicted octanol–water partition coefficient (Wildman–Crippen LogP) is 8.36. The average molecular weight is 432 g/mol. The normalized spacial score (nSPS) is 10.6. The van der Waals surface area contributed by atoms with Gasteiger partial charge in [0.2, 0.25) is 0 Å².